The molecule has 258 valence electrons. The fourth-order valence-corrected chi connectivity index (χ4v) is 6.75. The van der Waals surface area contributed by atoms with Crippen LogP contribution in [0.15, 0.2) is 59.8 Å². The van der Waals surface area contributed by atoms with Gasteiger partial charge < -0.3 is 25.8 Å². The minimum absolute atomic E-state index is 0.00162. The third-order valence-corrected chi connectivity index (χ3v) is 11.0. The summed E-state index contributed by atoms with van der Waals surface area (Å²) in [5.41, 5.74) is 4.31. The minimum Gasteiger partial charge on any atom is -0.366 e. The molecule has 4 aromatic rings. The van der Waals surface area contributed by atoms with Gasteiger partial charge in [-0.1, -0.05) is 19.1 Å². The zero-order valence-electron chi connectivity index (χ0n) is 28.8. The Morgan fingerprint density at radius 2 is 1.78 bits per heavy atom. The molecule has 1 aromatic carbocycles. The first-order valence-electron chi connectivity index (χ1n) is 16.3. The Bertz CT molecular complexity index is 2180. The van der Waals surface area contributed by atoms with Crippen LogP contribution < -0.4 is 20.9 Å². The molecule has 3 N–H and O–H groups in total. The van der Waals surface area contributed by atoms with Crippen LogP contribution >= 0.6 is 0 Å². The van der Waals surface area contributed by atoms with Crippen LogP contribution in [0.25, 0.3) is 11.1 Å². The largest absolute Gasteiger partial charge is 0.366 e. The molecule has 1 unspecified atom stereocenters. The Labute approximate surface area is 298 Å². The number of rotatable bonds is 10. The van der Waals surface area contributed by atoms with E-state index in [0.717, 1.165) is 40.1 Å². The van der Waals surface area contributed by atoms with Crippen molar-refractivity contribution in [3.05, 3.63) is 77.5 Å². The van der Waals surface area contributed by atoms with Crippen LogP contribution in [-0.4, -0.2) is 93.8 Å². The molecule has 3 amide bonds. The maximum absolute atomic E-state index is 13.8. The number of hydrogen-bond acceptors (Lipinski definition) is 11. The third kappa shape index (κ3) is 6.65. The molecule has 51 heavy (non-hydrogen) atoms. The second kappa shape index (κ2) is 13.4. The van der Waals surface area contributed by atoms with Crippen LogP contribution in [0.5, 0.6) is 0 Å². The highest BCUT2D eigenvalue weighted by Crippen LogP contribution is 2.48. The molecular weight excluding hydrogens is 668 g/mol. The van der Waals surface area contributed by atoms with Gasteiger partial charge >= 0.3 is 0 Å². The predicted octanol–water partition coefficient (Wildman–Crippen LogP) is 2.91. The van der Waals surface area contributed by atoms with Gasteiger partial charge in [-0.3, -0.25) is 24.4 Å². The second-order valence-electron chi connectivity index (χ2n) is 12.6. The van der Waals surface area contributed by atoms with Gasteiger partial charge in [0.2, 0.25) is 5.91 Å². The van der Waals surface area contributed by atoms with Crippen molar-refractivity contribution in [1.82, 2.24) is 30.4 Å². The summed E-state index contributed by atoms with van der Waals surface area (Å²) in [5.74, 6) is -1.14. The van der Waals surface area contributed by atoms with E-state index >= 15 is 0 Å². The number of carbonyl (C=O) groups excluding carboxylic acids is 3. The van der Waals surface area contributed by atoms with Gasteiger partial charge in [-0.15, -0.1) is 10.2 Å². The van der Waals surface area contributed by atoms with E-state index in [4.69, 9.17) is 15.7 Å². The van der Waals surface area contributed by atoms with Gasteiger partial charge in [0, 0.05) is 67.7 Å². The first kappa shape index (κ1) is 35.5. The molecule has 6 rings (SSSR count). The highest BCUT2D eigenvalue weighted by Gasteiger charge is 2.35. The molecule has 1 saturated carbocycles. The summed E-state index contributed by atoms with van der Waals surface area (Å²) in [6.07, 6.45) is 4.55. The zero-order valence-corrected chi connectivity index (χ0v) is 29.6. The van der Waals surface area contributed by atoms with Gasteiger partial charge in [0.05, 0.1) is 49.4 Å². The van der Waals surface area contributed by atoms with Crippen LogP contribution in [0.3, 0.4) is 0 Å². The first-order chi connectivity index (χ1) is 24.2. The van der Waals surface area contributed by atoms with Gasteiger partial charge in [-0.2, -0.15) is 0 Å². The fourth-order valence-electron chi connectivity index (χ4n) is 5.86. The molecule has 14 nitrogen and oxygen atoms in total. The quantitative estimate of drug-likeness (QED) is 0.207. The molecule has 0 bridgehead atoms. The average Bonchev–Trinajstić information content (AvgIpc) is 3.99. The molecular formula is C34H35B2N9O5S. The summed E-state index contributed by atoms with van der Waals surface area (Å²) < 4.78 is 25.0. The Morgan fingerprint density at radius 3 is 2.47 bits per heavy atom. The number of para-hydroxylation sites is 1. The predicted molar refractivity (Wildman–Crippen MR) is 194 cm³/mol. The molecule has 1 fully saturated rings. The normalized spacial score (nSPS) is 15.3. The highest BCUT2D eigenvalue weighted by atomic mass is 32.2. The standard InChI is InChI=1S/C34H35B2N9O5S/c1-6-51(49,50)20-12-13-38-27(14-20)34(35,36)45(5)33(48)26-15-22-18(2)44(4)30-21(23(22)17-39-26)8-7-9-24(30)40-25-16-28(41-31(46)19-10-11-19)42-43-29(25)32(47)37-3/h7-9,12-19H,6,10-11H2,1-5H3,(H,37,47)(H2,40,41,42,46). The number of fused-ring (bicyclic) bond motifs is 3. The average molecular weight is 703 g/mol. The number of nitrogens with zero attached hydrogens (tertiary/aromatic N) is 6. The van der Waals surface area contributed by atoms with Crippen LogP contribution in [0, 0.1) is 5.92 Å². The molecule has 0 spiro atoms. The van der Waals surface area contributed by atoms with Gasteiger partial charge in [0.15, 0.2) is 21.3 Å². The molecule has 1 aliphatic heterocycles. The summed E-state index contributed by atoms with van der Waals surface area (Å²) in [5, 5.41) is 14.9. The van der Waals surface area contributed by atoms with Crippen molar-refractivity contribution in [3.63, 3.8) is 0 Å². The maximum atomic E-state index is 13.8. The van der Waals surface area contributed by atoms with Crippen molar-refractivity contribution < 1.29 is 22.8 Å². The number of aromatic nitrogens is 4. The maximum Gasteiger partial charge on any atom is 0.273 e. The van der Waals surface area contributed by atoms with Crippen molar-refractivity contribution in [2.24, 2.45) is 5.92 Å². The molecule has 2 aliphatic rings. The minimum atomic E-state index is -3.58. The number of hydrogen-bond donors (Lipinski definition) is 3. The number of anilines is 4. The lowest BCUT2D eigenvalue weighted by molar-refractivity contribution is -0.117. The lowest BCUT2D eigenvalue weighted by atomic mass is 9.58. The first-order valence-corrected chi connectivity index (χ1v) is 17.9. The van der Waals surface area contributed by atoms with Crippen molar-refractivity contribution in [1.29, 1.82) is 0 Å². The monoisotopic (exact) mass is 703 g/mol. The molecule has 0 saturated heterocycles. The lowest BCUT2D eigenvalue weighted by Crippen LogP contribution is -2.49. The second-order valence-corrected chi connectivity index (χ2v) is 14.9. The summed E-state index contributed by atoms with van der Waals surface area (Å²) in [7, 11) is 14.1. The van der Waals surface area contributed by atoms with Gasteiger partial charge in [0.25, 0.3) is 11.8 Å². The van der Waals surface area contributed by atoms with E-state index in [9.17, 15) is 22.8 Å². The molecule has 17 heteroatoms. The number of sulfone groups is 1. The van der Waals surface area contributed by atoms with E-state index in [1.165, 1.54) is 39.3 Å². The summed E-state index contributed by atoms with van der Waals surface area (Å²) >= 11 is 0. The molecule has 1 atom stereocenters. The number of benzene rings is 1. The molecule has 1 aliphatic carbocycles. The topological polar surface area (TPSA) is 179 Å². The van der Waals surface area contributed by atoms with Crippen LogP contribution in [0.4, 0.5) is 22.9 Å². The lowest BCUT2D eigenvalue weighted by Gasteiger charge is -2.38. The number of carbonyl (C=O) groups is 3. The number of amides is 3. The van der Waals surface area contributed by atoms with E-state index in [1.807, 2.05) is 37.1 Å². The van der Waals surface area contributed by atoms with Crippen LogP contribution in [0.2, 0.25) is 0 Å². The summed E-state index contributed by atoms with van der Waals surface area (Å²) in [4.78, 5) is 50.7. The number of pyridine rings is 2. The molecule has 4 heterocycles. The van der Waals surface area contributed by atoms with Gasteiger partial charge in [-0.25, -0.2) is 8.42 Å². The Kier molecular flexibility index (Phi) is 9.35. The summed E-state index contributed by atoms with van der Waals surface area (Å²) in [6, 6.07) is 11.3. The zero-order chi connectivity index (χ0) is 36.8. The van der Waals surface area contributed by atoms with Gasteiger partial charge in [-0.05, 0) is 49.6 Å². The Morgan fingerprint density at radius 1 is 1.04 bits per heavy atom. The van der Waals surface area contributed by atoms with Crippen molar-refractivity contribution in [2.45, 2.75) is 43.0 Å². The number of nitrogens with one attached hydrogen (secondary N) is 3. The van der Waals surface area contributed by atoms with Crippen molar-refractivity contribution >= 4 is 66.1 Å². The fraction of sp³-hybridized carbons (Fsp3) is 0.324. The highest BCUT2D eigenvalue weighted by molar-refractivity contribution is 7.91. The van der Waals surface area contributed by atoms with Crippen molar-refractivity contribution in [3.8, 4) is 11.1 Å². The van der Waals surface area contributed by atoms with Crippen LogP contribution in [-0.2, 0) is 20.0 Å². The van der Waals surface area contributed by atoms with E-state index in [2.05, 4.69) is 36.1 Å². The Hall–Kier alpha value is -5.31. The smallest absolute Gasteiger partial charge is 0.273 e. The van der Waals surface area contributed by atoms with E-state index in [0.29, 0.717) is 11.4 Å². The SMILES string of the molecule is [B]C([B])(c1cc(S(=O)(=O)CC)ccn1)N(C)C(=O)c1cc2c(cn1)-c1cccc(Nc3cc(NC(=O)C4CC4)nnc3C(=O)NC)c1N(C)C2C. The van der Waals surface area contributed by atoms with E-state index < -0.39 is 27.0 Å². The summed E-state index contributed by atoms with van der Waals surface area (Å²) in [6.45, 7) is 3.50. The van der Waals surface area contributed by atoms with Crippen molar-refractivity contribution in [2.75, 3.05) is 42.4 Å². The molecule has 4 radical (unpaired) electrons. The van der Waals surface area contributed by atoms with E-state index in [1.54, 1.807) is 18.3 Å². The third-order valence-electron chi connectivity index (χ3n) is 9.31. The Balaban J connectivity index is 1.33. The molecule has 3 aromatic heterocycles. The van der Waals surface area contributed by atoms with Gasteiger partial charge in [0.1, 0.15) is 5.69 Å². The van der Waals surface area contributed by atoms with E-state index in [-0.39, 0.29) is 51.4 Å². The van der Waals surface area contributed by atoms with Crippen LogP contribution in [0.1, 0.15) is 65.0 Å².